The number of nitrogens with one attached hydrogen (secondary N) is 1. The quantitative estimate of drug-likeness (QED) is 0.737. The van der Waals surface area contributed by atoms with Crippen LogP contribution in [0.25, 0.3) is 22.5 Å². The minimum atomic E-state index is 0. The molecule has 4 nitrogen and oxygen atoms in total. The third-order valence-corrected chi connectivity index (χ3v) is 4.36. The molecule has 0 amide bonds. The van der Waals surface area contributed by atoms with Gasteiger partial charge in [-0.2, -0.15) is 15.0 Å². The standard InChI is InChI=1S/C19H20N4.2ClH/c1-3-7-15(8-4-1)18-19(16-9-5-2-6-10-16)22-23(21-18)17-11-13-20-14-12-17;;/h1-10,17,20H,11-14H2;2*1H. The highest BCUT2D eigenvalue weighted by Crippen LogP contribution is 2.30. The zero-order chi connectivity index (χ0) is 15.5. The van der Waals surface area contributed by atoms with Gasteiger partial charge in [0.2, 0.25) is 0 Å². The average molecular weight is 377 g/mol. The third-order valence-electron chi connectivity index (χ3n) is 4.36. The van der Waals surface area contributed by atoms with Gasteiger partial charge < -0.3 is 5.32 Å². The summed E-state index contributed by atoms with van der Waals surface area (Å²) in [6.45, 7) is 2.07. The second-order valence-corrected chi connectivity index (χ2v) is 5.93. The molecule has 0 unspecified atom stereocenters. The van der Waals surface area contributed by atoms with E-state index in [2.05, 4.69) is 29.6 Å². The average Bonchev–Trinajstić information content (AvgIpc) is 3.09. The second-order valence-electron chi connectivity index (χ2n) is 5.93. The molecule has 0 spiro atoms. The van der Waals surface area contributed by atoms with Gasteiger partial charge in [-0.3, -0.25) is 0 Å². The summed E-state index contributed by atoms with van der Waals surface area (Å²) >= 11 is 0. The summed E-state index contributed by atoms with van der Waals surface area (Å²) in [7, 11) is 0. The summed E-state index contributed by atoms with van der Waals surface area (Å²) in [4.78, 5) is 1.94. The lowest BCUT2D eigenvalue weighted by molar-refractivity contribution is 0.314. The minimum Gasteiger partial charge on any atom is -0.317 e. The van der Waals surface area contributed by atoms with E-state index < -0.39 is 0 Å². The van der Waals surface area contributed by atoms with Crippen LogP contribution in [0.2, 0.25) is 0 Å². The van der Waals surface area contributed by atoms with Crippen LogP contribution in [0, 0.1) is 0 Å². The summed E-state index contributed by atoms with van der Waals surface area (Å²) in [6, 6.07) is 21.0. The van der Waals surface area contributed by atoms with Crippen LogP contribution in [0.15, 0.2) is 60.7 Å². The Morgan fingerprint density at radius 1 is 0.720 bits per heavy atom. The topological polar surface area (TPSA) is 42.7 Å². The molecule has 6 heteroatoms. The molecular weight excluding hydrogens is 355 g/mol. The van der Waals surface area contributed by atoms with Crippen molar-refractivity contribution in [1.82, 2.24) is 20.3 Å². The van der Waals surface area contributed by atoms with Crippen LogP contribution in [0.4, 0.5) is 0 Å². The molecule has 0 atom stereocenters. The zero-order valence-corrected chi connectivity index (χ0v) is 15.5. The Hall–Kier alpha value is -1.88. The Morgan fingerprint density at radius 2 is 1.16 bits per heavy atom. The van der Waals surface area contributed by atoms with Crippen LogP contribution in [0.1, 0.15) is 18.9 Å². The molecule has 25 heavy (non-hydrogen) atoms. The van der Waals surface area contributed by atoms with E-state index in [1.54, 1.807) is 0 Å². The number of hydrogen-bond acceptors (Lipinski definition) is 3. The van der Waals surface area contributed by atoms with Gasteiger partial charge >= 0.3 is 0 Å². The maximum absolute atomic E-state index is 4.86. The summed E-state index contributed by atoms with van der Waals surface area (Å²) < 4.78 is 0. The van der Waals surface area contributed by atoms with Crippen molar-refractivity contribution in [2.24, 2.45) is 0 Å². The SMILES string of the molecule is Cl.Cl.c1ccc(-c2nn(C3CCNCC3)nc2-c2ccccc2)cc1. The minimum absolute atomic E-state index is 0. The molecule has 4 rings (SSSR count). The highest BCUT2D eigenvalue weighted by Gasteiger charge is 2.21. The number of benzene rings is 2. The Balaban J connectivity index is 0.00000113. The molecule has 1 aromatic heterocycles. The number of piperidine rings is 1. The molecule has 2 aromatic carbocycles. The molecule has 1 aliphatic heterocycles. The van der Waals surface area contributed by atoms with E-state index in [0.717, 1.165) is 48.4 Å². The summed E-state index contributed by atoms with van der Waals surface area (Å²) in [5.41, 5.74) is 4.17. The van der Waals surface area contributed by atoms with E-state index >= 15 is 0 Å². The Bertz CT molecular complexity index is 712. The van der Waals surface area contributed by atoms with E-state index in [4.69, 9.17) is 10.2 Å². The normalized spacial score (nSPS) is 14.4. The van der Waals surface area contributed by atoms with Gasteiger partial charge in [0.1, 0.15) is 11.4 Å². The van der Waals surface area contributed by atoms with Crippen molar-refractivity contribution in [2.75, 3.05) is 13.1 Å². The van der Waals surface area contributed by atoms with Crippen molar-refractivity contribution in [1.29, 1.82) is 0 Å². The van der Waals surface area contributed by atoms with Gasteiger partial charge in [-0.15, -0.1) is 24.8 Å². The Labute approximate surface area is 160 Å². The van der Waals surface area contributed by atoms with Gasteiger partial charge in [0.05, 0.1) is 6.04 Å². The lowest BCUT2D eigenvalue weighted by atomic mass is 10.1. The number of hydrogen-bond donors (Lipinski definition) is 1. The van der Waals surface area contributed by atoms with Crippen LogP contribution < -0.4 is 5.32 Å². The first-order valence-electron chi connectivity index (χ1n) is 8.20. The van der Waals surface area contributed by atoms with Gasteiger partial charge in [-0.25, -0.2) is 0 Å². The first-order valence-corrected chi connectivity index (χ1v) is 8.20. The number of halogens is 2. The monoisotopic (exact) mass is 376 g/mol. The maximum Gasteiger partial charge on any atom is 0.121 e. The van der Waals surface area contributed by atoms with E-state index in [0.29, 0.717) is 6.04 Å². The first kappa shape index (κ1) is 19.4. The van der Waals surface area contributed by atoms with Crippen LogP contribution in [0.3, 0.4) is 0 Å². The van der Waals surface area contributed by atoms with Crippen LogP contribution in [-0.4, -0.2) is 28.1 Å². The summed E-state index contributed by atoms with van der Waals surface area (Å²) in [5.74, 6) is 0. The van der Waals surface area contributed by atoms with Crippen molar-refractivity contribution in [3.05, 3.63) is 60.7 Å². The summed E-state index contributed by atoms with van der Waals surface area (Å²) in [5, 5.41) is 13.1. The summed E-state index contributed by atoms with van der Waals surface area (Å²) in [6.07, 6.45) is 2.16. The van der Waals surface area contributed by atoms with Crippen molar-refractivity contribution in [3.8, 4) is 22.5 Å². The molecule has 3 aromatic rings. The van der Waals surface area contributed by atoms with Crippen molar-refractivity contribution < 1.29 is 0 Å². The predicted molar refractivity (Wildman–Crippen MR) is 107 cm³/mol. The third kappa shape index (κ3) is 4.21. The molecule has 132 valence electrons. The second kappa shape index (κ2) is 8.99. The molecule has 0 radical (unpaired) electrons. The van der Waals surface area contributed by atoms with E-state index in [9.17, 15) is 0 Å². The van der Waals surface area contributed by atoms with E-state index in [1.807, 2.05) is 41.2 Å². The van der Waals surface area contributed by atoms with Crippen molar-refractivity contribution in [2.45, 2.75) is 18.9 Å². The first-order chi connectivity index (χ1) is 11.4. The molecule has 0 aliphatic carbocycles. The molecular formula is C19H22Cl2N4. The van der Waals surface area contributed by atoms with Gasteiger partial charge in [0.15, 0.2) is 0 Å². The van der Waals surface area contributed by atoms with E-state index in [1.165, 1.54) is 0 Å². The van der Waals surface area contributed by atoms with Crippen LogP contribution in [0.5, 0.6) is 0 Å². The number of nitrogens with zero attached hydrogens (tertiary/aromatic N) is 3. The highest BCUT2D eigenvalue weighted by molar-refractivity contribution is 5.85. The zero-order valence-electron chi connectivity index (χ0n) is 13.8. The smallest absolute Gasteiger partial charge is 0.121 e. The largest absolute Gasteiger partial charge is 0.317 e. The molecule has 0 bridgehead atoms. The van der Waals surface area contributed by atoms with Crippen molar-refractivity contribution in [3.63, 3.8) is 0 Å². The molecule has 1 saturated heterocycles. The van der Waals surface area contributed by atoms with Gasteiger partial charge in [-0.05, 0) is 25.9 Å². The molecule has 1 aliphatic rings. The fraction of sp³-hybridized carbons (Fsp3) is 0.263. The Kier molecular flexibility index (Phi) is 7.00. The fourth-order valence-corrected chi connectivity index (χ4v) is 3.10. The van der Waals surface area contributed by atoms with Crippen molar-refractivity contribution >= 4 is 24.8 Å². The highest BCUT2D eigenvalue weighted by atomic mass is 35.5. The molecule has 0 saturated carbocycles. The number of aromatic nitrogens is 3. The van der Waals surface area contributed by atoms with Crippen LogP contribution >= 0.6 is 24.8 Å². The fourth-order valence-electron chi connectivity index (χ4n) is 3.10. The lowest BCUT2D eigenvalue weighted by Gasteiger charge is -2.21. The molecule has 1 fully saturated rings. The maximum atomic E-state index is 4.86. The molecule has 1 N–H and O–H groups in total. The Morgan fingerprint density at radius 3 is 1.60 bits per heavy atom. The lowest BCUT2D eigenvalue weighted by Crippen LogP contribution is -2.30. The van der Waals surface area contributed by atoms with E-state index in [-0.39, 0.29) is 24.8 Å². The van der Waals surface area contributed by atoms with Crippen LogP contribution in [-0.2, 0) is 0 Å². The van der Waals surface area contributed by atoms with Gasteiger partial charge in [-0.1, -0.05) is 60.7 Å². The van der Waals surface area contributed by atoms with Gasteiger partial charge in [0.25, 0.3) is 0 Å². The van der Waals surface area contributed by atoms with Gasteiger partial charge in [0, 0.05) is 11.1 Å². The molecule has 2 heterocycles. The number of rotatable bonds is 3. The predicted octanol–water partition coefficient (Wildman–Crippen LogP) is 4.38.